The number of fused-ring (bicyclic) bond motifs is 2. The van der Waals surface area contributed by atoms with Crippen molar-refractivity contribution in [2.75, 3.05) is 20.3 Å². The Labute approximate surface area is 232 Å². The highest BCUT2D eigenvalue weighted by molar-refractivity contribution is 7.90. The van der Waals surface area contributed by atoms with Crippen molar-refractivity contribution >= 4 is 26.6 Å². The first-order chi connectivity index (χ1) is 19.3. The van der Waals surface area contributed by atoms with Crippen molar-refractivity contribution in [3.63, 3.8) is 0 Å². The number of aromatic nitrogens is 2. The van der Waals surface area contributed by atoms with Crippen molar-refractivity contribution in [1.82, 2.24) is 8.96 Å². The van der Waals surface area contributed by atoms with Crippen molar-refractivity contribution in [2.45, 2.75) is 36.9 Å². The van der Waals surface area contributed by atoms with Gasteiger partial charge in [-0.15, -0.1) is 0 Å². The van der Waals surface area contributed by atoms with Crippen LogP contribution >= 0.6 is 0 Å². The standard InChI is InChI=1S/C31H29FN2O5S/c1-19-3-6-24(7-4-19)40(35,36)34-28(20-13-21-17-31(18-22(21)14-20)38-11-12-39-31)16-27-25(9-10-33-30(27)34)26-15-23(32)5-8-29(26)37-2/h3-10,13,15-16,21-22H,11-12,14,17-18H2,1-2H3. The molecule has 0 N–H and O–H groups in total. The van der Waals surface area contributed by atoms with E-state index in [1.54, 1.807) is 42.6 Å². The molecule has 1 spiro atoms. The SMILES string of the molecule is COc1ccc(F)cc1-c1ccnc2c1cc(C1=CC3CC4(CC3C1)OCCO4)n2S(=O)(=O)c1ccc(C)cc1. The number of nitrogens with zero attached hydrogens (tertiary/aromatic N) is 2. The summed E-state index contributed by atoms with van der Waals surface area (Å²) in [5.41, 5.74) is 3.95. The van der Waals surface area contributed by atoms with E-state index in [9.17, 15) is 12.8 Å². The monoisotopic (exact) mass is 560 g/mol. The van der Waals surface area contributed by atoms with E-state index in [1.165, 1.54) is 23.2 Å². The molecule has 0 bridgehead atoms. The van der Waals surface area contributed by atoms with Crippen LogP contribution < -0.4 is 4.74 Å². The minimum Gasteiger partial charge on any atom is -0.496 e. The van der Waals surface area contributed by atoms with Gasteiger partial charge in [0.1, 0.15) is 11.6 Å². The van der Waals surface area contributed by atoms with E-state index in [0.717, 1.165) is 24.0 Å². The number of hydrogen-bond donors (Lipinski definition) is 0. The van der Waals surface area contributed by atoms with Crippen LogP contribution in [-0.4, -0.2) is 43.5 Å². The largest absolute Gasteiger partial charge is 0.496 e. The second-order valence-electron chi connectivity index (χ2n) is 10.9. The third kappa shape index (κ3) is 3.98. The molecule has 4 aromatic rings. The molecular formula is C31H29FN2O5S. The normalized spacial score (nSPS) is 21.7. The number of hydrogen-bond acceptors (Lipinski definition) is 6. The predicted molar refractivity (Wildman–Crippen MR) is 149 cm³/mol. The van der Waals surface area contributed by atoms with Crippen LogP contribution in [0.25, 0.3) is 27.7 Å². The Morgan fingerprint density at radius 2 is 1.80 bits per heavy atom. The quantitative estimate of drug-likeness (QED) is 0.300. The Bertz CT molecular complexity index is 1770. The van der Waals surface area contributed by atoms with Gasteiger partial charge < -0.3 is 14.2 Å². The number of methoxy groups -OCH3 is 1. The third-order valence-electron chi connectivity index (χ3n) is 8.44. The Morgan fingerprint density at radius 1 is 1.02 bits per heavy atom. The van der Waals surface area contributed by atoms with Gasteiger partial charge in [-0.1, -0.05) is 23.8 Å². The Balaban J connectivity index is 1.43. The van der Waals surface area contributed by atoms with E-state index in [1.807, 2.05) is 13.0 Å². The highest BCUT2D eigenvalue weighted by Crippen LogP contribution is 2.53. The number of benzene rings is 2. The lowest BCUT2D eigenvalue weighted by Crippen LogP contribution is -2.26. The van der Waals surface area contributed by atoms with Crippen molar-refractivity contribution in [2.24, 2.45) is 11.8 Å². The Kier molecular flexibility index (Phi) is 5.89. The average molecular weight is 561 g/mol. The fourth-order valence-corrected chi connectivity index (χ4v) is 8.09. The second-order valence-corrected chi connectivity index (χ2v) is 12.7. The van der Waals surface area contributed by atoms with Gasteiger partial charge in [0, 0.05) is 30.0 Å². The summed E-state index contributed by atoms with van der Waals surface area (Å²) >= 11 is 0. The summed E-state index contributed by atoms with van der Waals surface area (Å²) in [7, 11) is -2.49. The van der Waals surface area contributed by atoms with E-state index in [-0.39, 0.29) is 16.5 Å². The number of aryl methyl sites for hydroxylation is 1. The molecule has 1 aliphatic heterocycles. The minimum absolute atomic E-state index is 0.179. The smallest absolute Gasteiger partial charge is 0.269 e. The fraction of sp³-hybridized carbons (Fsp3) is 0.323. The highest BCUT2D eigenvalue weighted by atomic mass is 32.2. The summed E-state index contributed by atoms with van der Waals surface area (Å²) < 4.78 is 61.7. The summed E-state index contributed by atoms with van der Waals surface area (Å²) in [6.45, 7) is 3.13. The Morgan fingerprint density at radius 3 is 2.52 bits per heavy atom. The summed E-state index contributed by atoms with van der Waals surface area (Å²) in [6.07, 6.45) is 5.99. The molecule has 40 heavy (non-hydrogen) atoms. The number of pyridine rings is 1. The van der Waals surface area contributed by atoms with Crippen molar-refractivity contribution in [1.29, 1.82) is 0 Å². The molecule has 7 rings (SSSR count). The summed E-state index contributed by atoms with van der Waals surface area (Å²) in [5.74, 6) is 0.0980. The molecule has 2 aliphatic carbocycles. The fourth-order valence-electron chi connectivity index (χ4n) is 6.59. The van der Waals surface area contributed by atoms with Crippen LogP contribution in [0.3, 0.4) is 0 Å². The van der Waals surface area contributed by atoms with Crippen LogP contribution in [-0.2, 0) is 19.5 Å². The van der Waals surface area contributed by atoms with Crippen LogP contribution in [0.1, 0.15) is 30.5 Å². The van der Waals surface area contributed by atoms with Gasteiger partial charge in [0.15, 0.2) is 11.4 Å². The van der Waals surface area contributed by atoms with E-state index in [4.69, 9.17) is 14.2 Å². The van der Waals surface area contributed by atoms with Gasteiger partial charge in [0.25, 0.3) is 10.0 Å². The molecule has 3 aliphatic rings. The van der Waals surface area contributed by atoms with Crippen molar-refractivity contribution in [3.8, 4) is 16.9 Å². The van der Waals surface area contributed by atoms with Gasteiger partial charge in [-0.3, -0.25) is 0 Å². The number of ether oxygens (including phenoxy) is 3. The average Bonchev–Trinajstić information content (AvgIpc) is 3.71. The zero-order valence-electron chi connectivity index (χ0n) is 22.3. The molecule has 3 heterocycles. The molecule has 0 radical (unpaired) electrons. The van der Waals surface area contributed by atoms with Gasteiger partial charge >= 0.3 is 0 Å². The van der Waals surface area contributed by atoms with Gasteiger partial charge in [-0.25, -0.2) is 21.8 Å². The molecule has 7 nitrogen and oxygen atoms in total. The molecule has 9 heteroatoms. The molecule has 1 saturated carbocycles. The second kappa shape index (κ2) is 9.26. The van der Waals surface area contributed by atoms with Gasteiger partial charge in [-0.05, 0) is 78.8 Å². The molecule has 2 atom stereocenters. The zero-order valence-corrected chi connectivity index (χ0v) is 23.1. The molecule has 206 valence electrons. The zero-order chi connectivity index (χ0) is 27.6. The van der Waals surface area contributed by atoms with E-state index in [0.29, 0.717) is 53.5 Å². The van der Waals surface area contributed by atoms with Gasteiger partial charge in [0.05, 0.1) is 30.9 Å². The van der Waals surface area contributed by atoms with E-state index < -0.39 is 21.6 Å². The number of rotatable bonds is 5. The molecule has 1 saturated heterocycles. The number of halogens is 1. The molecule has 2 aromatic heterocycles. The summed E-state index contributed by atoms with van der Waals surface area (Å²) in [5, 5.41) is 0.606. The third-order valence-corrected chi connectivity index (χ3v) is 10.2. The molecule has 2 unspecified atom stereocenters. The van der Waals surface area contributed by atoms with Crippen LogP contribution in [0.5, 0.6) is 5.75 Å². The lowest BCUT2D eigenvalue weighted by Gasteiger charge is -2.22. The first-order valence-electron chi connectivity index (χ1n) is 13.4. The van der Waals surface area contributed by atoms with Crippen molar-refractivity contribution < 1.29 is 27.0 Å². The van der Waals surface area contributed by atoms with Crippen LogP contribution in [0.15, 0.2) is 71.8 Å². The topological polar surface area (TPSA) is 79.7 Å². The first kappa shape index (κ1) is 25.4. The van der Waals surface area contributed by atoms with E-state index >= 15 is 0 Å². The van der Waals surface area contributed by atoms with Gasteiger partial charge in [-0.2, -0.15) is 0 Å². The summed E-state index contributed by atoms with van der Waals surface area (Å²) in [4.78, 5) is 4.74. The van der Waals surface area contributed by atoms with Crippen LogP contribution in [0, 0.1) is 24.6 Å². The molecule has 2 fully saturated rings. The van der Waals surface area contributed by atoms with Crippen LogP contribution in [0.2, 0.25) is 0 Å². The maximum atomic E-state index is 14.4. The first-order valence-corrected chi connectivity index (χ1v) is 14.9. The molecule has 2 aromatic carbocycles. The maximum Gasteiger partial charge on any atom is 0.269 e. The van der Waals surface area contributed by atoms with Crippen molar-refractivity contribution in [3.05, 3.63) is 83.9 Å². The summed E-state index contributed by atoms with van der Waals surface area (Å²) in [6, 6.07) is 14.8. The minimum atomic E-state index is -4.02. The predicted octanol–water partition coefficient (Wildman–Crippen LogP) is 5.95. The Hall–Kier alpha value is -3.53. The lowest BCUT2D eigenvalue weighted by molar-refractivity contribution is -0.153. The maximum absolute atomic E-state index is 14.4. The van der Waals surface area contributed by atoms with Crippen LogP contribution in [0.4, 0.5) is 4.39 Å². The number of allylic oxidation sites excluding steroid dienone is 2. The highest BCUT2D eigenvalue weighted by Gasteiger charge is 2.51. The molecule has 0 amide bonds. The van der Waals surface area contributed by atoms with Gasteiger partial charge in [0.2, 0.25) is 0 Å². The van der Waals surface area contributed by atoms with E-state index in [2.05, 4.69) is 11.1 Å². The molecular weight excluding hydrogens is 531 g/mol. The lowest BCUT2D eigenvalue weighted by atomic mass is 9.99.